The quantitative estimate of drug-likeness (QED) is 0.399. The van der Waals surface area contributed by atoms with Gasteiger partial charge in [0, 0.05) is 19.7 Å². The van der Waals surface area contributed by atoms with Gasteiger partial charge in [0.2, 0.25) is 0 Å². The van der Waals surface area contributed by atoms with Crippen LogP contribution in [0.4, 0.5) is 0 Å². The second-order valence-electron chi connectivity index (χ2n) is 7.27. The highest BCUT2D eigenvalue weighted by Crippen LogP contribution is 2.30. The van der Waals surface area contributed by atoms with Gasteiger partial charge in [0.15, 0.2) is 5.96 Å². The Morgan fingerprint density at radius 1 is 1.25 bits per heavy atom. The first-order chi connectivity index (χ1) is 13.7. The van der Waals surface area contributed by atoms with E-state index in [-0.39, 0.29) is 0 Å². The third kappa shape index (κ3) is 7.32. The van der Waals surface area contributed by atoms with Crippen molar-refractivity contribution in [3.63, 3.8) is 0 Å². The number of aliphatic hydroxyl groups is 1. The summed E-state index contributed by atoms with van der Waals surface area (Å²) < 4.78 is 11.2. The maximum Gasteiger partial charge on any atom is 0.191 e. The molecule has 0 amide bonds. The number of hydrogen-bond donors (Lipinski definition) is 3. The van der Waals surface area contributed by atoms with Gasteiger partial charge in [-0.1, -0.05) is 25.0 Å². The second-order valence-corrected chi connectivity index (χ2v) is 7.27. The van der Waals surface area contributed by atoms with E-state index in [2.05, 4.69) is 22.5 Å². The van der Waals surface area contributed by atoms with Crippen molar-refractivity contribution in [3.05, 3.63) is 29.8 Å². The SMILES string of the molecule is CCNC(=NCC(O)c1cccc(OC)c1)NCCC(OCC)C1CCCC1. The van der Waals surface area contributed by atoms with Crippen LogP contribution in [0.5, 0.6) is 5.75 Å². The molecule has 158 valence electrons. The average Bonchev–Trinajstić information content (AvgIpc) is 3.25. The topological polar surface area (TPSA) is 75.1 Å². The lowest BCUT2D eigenvalue weighted by atomic mass is 9.98. The first-order valence-corrected chi connectivity index (χ1v) is 10.6. The van der Waals surface area contributed by atoms with Crippen LogP contribution in [0.25, 0.3) is 0 Å². The Balaban J connectivity index is 1.86. The average molecular weight is 392 g/mol. The number of benzene rings is 1. The molecule has 1 fully saturated rings. The zero-order chi connectivity index (χ0) is 20.2. The van der Waals surface area contributed by atoms with Crippen molar-refractivity contribution < 1.29 is 14.6 Å². The van der Waals surface area contributed by atoms with Crippen molar-refractivity contribution in [1.29, 1.82) is 0 Å². The fraction of sp³-hybridized carbons (Fsp3) is 0.682. The molecule has 28 heavy (non-hydrogen) atoms. The molecule has 1 saturated carbocycles. The molecule has 0 spiro atoms. The van der Waals surface area contributed by atoms with Gasteiger partial charge in [0.1, 0.15) is 5.75 Å². The summed E-state index contributed by atoms with van der Waals surface area (Å²) >= 11 is 0. The lowest BCUT2D eigenvalue weighted by Gasteiger charge is -2.24. The summed E-state index contributed by atoms with van der Waals surface area (Å²) in [6.07, 6.45) is 5.85. The van der Waals surface area contributed by atoms with Crippen molar-refractivity contribution in [3.8, 4) is 5.75 Å². The molecular weight excluding hydrogens is 354 g/mol. The summed E-state index contributed by atoms with van der Waals surface area (Å²) in [4.78, 5) is 4.55. The number of methoxy groups -OCH3 is 1. The summed E-state index contributed by atoms with van der Waals surface area (Å²) in [5.74, 6) is 2.15. The van der Waals surface area contributed by atoms with Gasteiger partial charge in [-0.15, -0.1) is 0 Å². The van der Waals surface area contributed by atoms with E-state index in [1.807, 2.05) is 31.2 Å². The predicted octanol–water partition coefficient (Wildman–Crippen LogP) is 3.27. The third-order valence-electron chi connectivity index (χ3n) is 5.27. The van der Waals surface area contributed by atoms with Gasteiger partial charge < -0.3 is 25.2 Å². The molecule has 0 bridgehead atoms. The highest BCUT2D eigenvalue weighted by Gasteiger charge is 2.25. The fourth-order valence-electron chi connectivity index (χ4n) is 3.80. The molecule has 2 atom stereocenters. The standard InChI is InChI=1S/C22H37N3O3/c1-4-23-22(24-14-13-21(28-5-2)17-9-6-7-10-17)25-16-20(26)18-11-8-12-19(15-18)27-3/h8,11-12,15,17,20-21,26H,4-7,9-10,13-14,16H2,1-3H3,(H2,23,24,25). The van der Waals surface area contributed by atoms with Crippen molar-refractivity contribution in [1.82, 2.24) is 10.6 Å². The van der Waals surface area contributed by atoms with Gasteiger partial charge >= 0.3 is 0 Å². The van der Waals surface area contributed by atoms with E-state index in [4.69, 9.17) is 9.47 Å². The number of hydrogen-bond acceptors (Lipinski definition) is 4. The lowest BCUT2D eigenvalue weighted by Crippen LogP contribution is -2.39. The predicted molar refractivity (Wildman–Crippen MR) is 114 cm³/mol. The highest BCUT2D eigenvalue weighted by atomic mass is 16.5. The van der Waals surface area contributed by atoms with Crippen LogP contribution < -0.4 is 15.4 Å². The van der Waals surface area contributed by atoms with Gasteiger partial charge in [0.05, 0.1) is 25.9 Å². The Kier molecular flexibility index (Phi) is 10.1. The van der Waals surface area contributed by atoms with Gasteiger partial charge in [-0.3, -0.25) is 4.99 Å². The van der Waals surface area contributed by atoms with Crippen LogP contribution in [-0.2, 0) is 4.74 Å². The molecule has 1 aliphatic carbocycles. The molecule has 0 heterocycles. The Labute approximate surface area is 169 Å². The second kappa shape index (κ2) is 12.6. The van der Waals surface area contributed by atoms with Crippen LogP contribution in [-0.4, -0.2) is 50.5 Å². The molecular formula is C22H37N3O3. The van der Waals surface area contributed by atoms with E-state index in [1.54, 1.807) is 7.11 Å². The molecule has 6 nitrogen and oxygen atoms in total. The van der Waals surface area contributed by atoms with E-state index in [0.29, 0.717) is 18.6 Å². The van der Waals surface area contributed by atoms with E-state index >= 15 is 0 Å². The van der Waals surface area contributed by atoms with Crippen molar-refractivity contribution in [2.45, 2.75) is 58.2 Å². The zero-order valence-electron chi connectivity index (χ0n) is 17.6. The van der Waals surface area contributed by atoms with Crippen molar-refractivity contribution >= 4 is 5.96 Å². The Bertz CT molecular complexity index is 588. The van der Waals surface area contributed by atoms with Gasteiger partial charge in [-0.05, 0) is 56.7 Å². The minimum absolute atomic E-state index is 0.292. The van der Waals surface area contributed by atoms with Crippen molar-refractivity contribution in [2.75, 3.05) is 33.4 Å². The summed E-state index contributed by atoms with van der Waals surface area (Å²) in [5, 5.41) is 17.1. The summed E-state index contributed by atoms with van der Waals surface area (Å²) in [6.45, 7) is 6.75. The van der Waals surface area contributed by atoms with Crippen LogP contribution >= 0.6 is 0 Å². The maximum atomic E-state index is 10.4. The summed E-state index contributed by atoms with van der Waals surface area (Å²) in [6, 6.07) is 7.47. The Morgan fingerprint density at radius 2 is 2.04 bits per heavy atom. The Morgan fingerprint density at radius 3 is 2.71 bits per heavy atom. The van der Waals surface area contributed by atoms with Crippen LogP contribution in [0.2, 0.25) is 0 Å². The monoisotopic (exact) mass is 391 g/mol. The number of ether oxygens (including phenoxy) is 2. The third-order valence-corrected chi connectivity index (χ3v) is 5.27. The number of aliphatic hydroxyl groups excluding tert-OH is 1. The summed E-state index contributed by atoms with van der Waals surface area (Å²) in [5.41, 5.74) is 0.802. The van der Waals surface area contributed by atoms with Crippen LogP contribution in [0.3, 0.4) is 0 Å². The van der Waals surface area contributed by atoms with Gasteiger partial charge in [-0.2, -0.15) is 0 Å². The minimum atomic E-state index is -0.666. The lowest BCUT2D eigenvalue weighted by molar-refractivity contribution is 0.0169. The molecule has 0 aromatic heterocycles. The molecule has 0 radical (unpaired) electrons. The van der Waals surface area contributed by atoms with Crippen LogP contribution in [0.1, 0.15) is 57.6 Å². The zero-order valence-corrected chi connectivity index (χ0v) is 17.6. The van der Waals surface area contributed by atoms with Crippen LogP contribution in [0.15, 0.2) is 29.3 Å². The van der Waals surface area contributed by atoms with E-state index in [1.165, 1.54) is 25.7 Å². The molecule has 3 N–H and O–H groups in total. The molecule has 6 heteroatoms. The number of aliphatic imine (C=N–C) groups is 1. The van der Waals surface area contributed by atoms with E-state index in [0.717, 1.165) is 43.4 Å². The number of nitrogens with one attached hydrogen (secondary N) is 2. The first kappa shape index (κ1) is 22.5. The minimum Gasteiger partial charge on any atom is -0.497 e. The molecule has 1 aliphatic rings. The van der Waals surface area contributed by atoms with E-state index < -0.39 is 6.10 Å². The maximum absolute atomic E-state index is 10.4. The first-order valence-electron chi connectivity index (χ1n) is 10.6. The van der Waals surface area contributed by atoms with E-state index in [9.17, 15) is 5.11 Å². The normalized spacial score (nSPS) is 17.4. The molecule has 0 saturated heterocycles. The molecule has 1 aromatic carbocycles. The number of rotatable bonds is 11. The Hall–Kier alpha value is -1.79. The molecule has 0 aliphatic heterocycles. The molecule has 2 unspecified atom stereocenters. The van der Waals surface area contributed by atoms with Gasteiger partial charge in [0.25, 0.3) is 0 Å². The summed E-state index contributed by atoms with van der Waals surface area (Å²) in [7, 11) is 1.62. The highest BCUT2D eigenvalue weighted by molar-refractivity contribution is 5.79. The van der Waals surface area contributed by atoms with Crippen molar-refractivity contribution in [2.24, 2.45) is 10.9 Å². The fourth-order valence-corrected chi connectivity index (χ4v) is 3.80. The smallest absolute Gasteiger partial charge is 0.191 e. The number of guanidine groups is 1. The van der Waals surface area contributed by atoms with Crippen LogP contribution in [0, 0.1) is 5.92 Å². The van der Waals surface area contributed by atoms with Gasteiger partial charge in [-0.25, -0.2) is 0 Å². The molecule has 2 rings (SSSR count). The molecule has 1 aromatic rings. The number of nitrogens with zero attached hydrogens (tertiary/aromatic N) is 1. The largest absolute Gasteiger partial charge is 0.497 e.